The van der Waals surface area contributed by atoms with Crippen LogP contribution in [0, 0.1) is 0 Å². The fourth-order valence-electron chi connectivity index (χ4n) is 1.67. The summed E-state index contributed by atoms with van der Waals surface area (Å²) in [6, 6.07) is 9.06. The molecule has 2 rings (SSSR count). The van der Waals surface area contributed by atoms with Gasteiger partial charge in [-0.3, -0.25) is 4.79 Å². The van der Waals surface area contributed by atoms with Gasteiger partial charge in [0.15, 0.2) is 6.61 Å². The number of rotatable bonds is 4. The van der Waals surface area contributed by atoms with Crippen LogP contribution in [0.25, 0.3) is 0 Å². The smallest absolute Gasteiger partial charge is 0.342 e. The molecule has 120 valence electrons. The Bertz CT molecular complexity index is 767. The van der Waals surface area contributed by atoms with Gasteiger partial charge in [0.25, 0.3) is 5.91 Å². The van der Waals surface area contributed by atoms with Crippen LogP contribution in [0.1, 0.15) is 10.4 Å². The molecule has 0 aromatic heterocycles. The zero-order chi connectivity index (χ0) is 17.0. The summed E-state index contributed by atoms with van der Waals surface area (Å²) >= 11 is 15.0. The lowest BCUT2D eigenvalue weighted by atomic mass is 10.2. The van der Waals surface area contributed by atoms with Gasteiger partial charge in [-0.2, -0.15) is 0 Å². The number of phenolic OH excluding ortho intramolecular Hbond substituents is 1. The highest BCUT2D eigenvalue weighted by molar-refractivity contribution is 9.10. The number of nitrogens with one attached hydrogen (secondary N) is 1. The Balaban J connectivity index is 1.98. The molecule has 0 aliphatic carbocycles. The van der Waals surface area contributed by atoms with Crippen LogP contribution in [-0.2, 0) is 9.53 Å². The first kappa shape index (κ1) is 17.6. The van der Waals surface area contributed by atoms with E-state index in [-0.39, 0.29) is 16.3 Å². The SMILES string of the molecule is O=C(COC(=O)c1cc(Br)ccc1O)Nc1cccc(Cl)c1Cl. The third-order valence-electron chi connectivity index (χ3n) is 2.74. The predicted octanol–water partition coefficient (Wildman–Crippen LogP) is 4.26. The molecule has 0 aliphatic heterocycles. The molecule has 0 bridgehead atoms. The van der Waals surface area contributed by atoms with Gasteiger partial charge in [-0.15, -0.1) is 0 Å². The summed E-state index contributed by atoms with van der Waals surface area (Å²) in [5.41, 5.74) is 0.262. The Morgan fingerprint density at radius 3 is 2.70 bits per heavy atom. The van der Waals surface area contributed by atoms with E-state index in [1.807, 2.05) is 0 Å². The predicted molar refractivity (Wildman–Crippen MR) is 91.2 cm³/mol. The van der Waals surface area contributed by atoms with Gasteiger partial charge in [0.05, 0.1) is 15.7 Å². The Morgan fingerprint density at radius 2 is 1.96 bits per heavy atom. The maximum atomic E-state index is 11.9. The van der Waals surface area contributed by atoms with Crippen molar-refractivity contribution in [2.24, 2.45) is 0 Å². The minimum Gasteiger partial charge on any atom is -0.507 e. The molecule has 0 radical (unpaired) electrons. The molecule has 5 nitrogen and oxygen atoms in total. The maximum absolute atomic E-state index is 11.9. The second kappa shape index (κ2) is 7.68. The molecule has 1 amide bonds. The molecule has 0 aliphatic rings. The van der Waals surface area contributed by atoms with Crippen molar-refractivity contribution < 1.29 is 19.4 Å². The summed E-state index contributed by atoms with van der Waals surface area (Å²) in [6.45, 7) is -0.534. The van der Waals surface area contributed by atoms with Crippen molar-refractivity contribution in [3.8, 4) is 5.75 Å². The Kier molecular flexibility index (Phi) is 5.87. The van der Waals surface area contributed by atoms with E-state index in [2.05, 4.69) is 21.2 Å². The summed E-state index contributed by atoms with van der Waals surface area (Å²) in [5, 5.41) is 12.6. The topological polar surface area (TPSA) is 75.6 Å². The number of ether oxygens (including phenoxy) is 1. The number of amides is 1. The summed E-state index contributed by atoms with van der Waals surface area (Å²) < 4.78 is 5.45. The number of carbonyl (C=O) groups is 2. The van der Waals surface area contributed by atoms with Crippen molar-refractivity contribution in [2.45, 2.75) is 0 Å². The molecule has 0 fully saturated rings. The van der Waals surface area contributed by atoms with Crippen molar-refractivity contribution >= 4 is 56.7 Å². The van der Waals surface area contributed by atoms with E-state index in [0.717, 1.165) is 0 Å². The molecule has 0 spiro atoms. The van der Waals surface area contributed by atoms with E-state index in [4.69, 9.17) is 27.9 Å². The number of esters is 1. The minimum absolute atomic E-state index is 0.0482. The molecule has 0 unspecified atom stereocenters. The lowest BCUT2D eigenvalue weighted by Crippen LogP contribution is -2.21. The average Bonchev–Trinajstić information content (AvgIpc) is 2.52. The van der Waals surface area contributed by atoms with Gasteiger partial charge < -0.3 is 15.2 Å². The van der Waals surface area contributed by atoms with Crippen molar-refractivity contribution in [3.05, 3.63) is 56.5 Å². The molecule has 23 heavy (non-hydrogen) atoms. The minimum atomic E-state index is -0.823. The lowest BCUT2D eigenvalue weighted by molar-refractivity contribution is -0.119. The highest BCUT2D eigenvalue weighted by Crippen LogP contribution is 2.29. The third-order valence-corrected chi connectivity index (χ3v) is 4.05. The Labute approximate surface area is 150 Å². The van der Waals surface area contributed by atoms with Crippen LogP contribution in [-0.4, -0.2) is 23.6 Å². The molecule has 0 saturated carbocycles. The number of hydrogen-bond acceptors (Lipinski definition) is 4. The van der Waals surface area contributed by atoms with Gasteiger partial charge in [-0.25, -0.2) is 4.79 Å². The Hall–Kier alpha value is -1.76. The summed E-state index contributed by atoms with van der Waals surface area (Å²) in [7, 11) is 0. The van der Waals surface area contributed by atoms with E-state index in [0.29, 0.717) is 15.2 Å². The number of halogens is 3. The van der Waals surface area contributed by atoms with Crippen LogP contribution < -0.4 is 5.32 Å². The molecule has 2 aromatic carbocycles. The van der Waals surface area contributed by atoms with E-state index >= 15 is 0 Å². The van der Waals surface area contributed by atoms with Gasteiger partial charge in [0.2, 0.25) is 0 Å². The summed E-state index contributed by atoms with van der Waals surface area (Å²) in [5.74, 6) is -1.65. The second-order valence-corrected chi connectivity index (χ2v) is 6.09. The van der Waals surface area contributed by atoms with Crippen LogP contribution in [0.15, 0.2) is 40.9 Å². The van der Waals surface area contributed by atoms with E-state index in [1.54, 1.807) is 24.3 Å². The van der Waals surface area contributed by atoms with Crippen LogP contribution in [0.2, 0.25) is 10.0 Å². The first-order chi connectivity index (χ1) is 10.9. The number of phenols is 1. The number of aromatic hydroxyl groups is 1. The standard InChI is InChI=1S/C15H10BrCl2NO4/c16-8-4-5-12(20)9(6-8)15(22)23-7-13(21)19-11-3-1-2-10(17)14(11)18/h1-6,20H,7H2,(H,19,21). The zero-order valence-corrected chi connectivity index (χ0v) is 14.6. The molecule has 0 atom stereocenters. The zero-order valence-electron chi connectivity index (χ0n) is 11.5. The molecular formula is C15H10BrCl2NO4. The fourth-order valence-corrected chi connectivity index (χ4v) is 2.38. The van der Waals surface area contributed by atoms with Crippen LogP contribution in [0.4, 0.5) is 5.69 Å². The largest absolute Gasteiger partial charge is 0.507 e. The monoisotopic (exact) mass is 417 g/mol. The quantitative estimate of drug-likeness (QED) is 0.727. The van der Waals surface area contributed by atoms with Crippen LogP contribution in [0.5, 0.6) is 5.75 Å². The first-order valence-corrected chi connectivity index (χ1v) is 7.83. The van der Waals surface area contributed by atoms with E-state index < -0.39 is 18.5 Å². The first-order valence-electron chi connectivity index (χ1n) is 6.28. The Morgan fingerprint density at radius 1 is 1.22 bits per heavy atom. The third kappa shape index (κ3) is 4.60. The molecule has 8 heteroatoms. The van der Waals surface area contributed by atoms with E-state index in [1.165, 1.54) is 12.1 Å². The number of anilines is 1. The van der Waals surface area contributed by atoms with Gasteiger partial charge in [-0.05, 0) is 30.3 Å². The van der Waals surface area contributed by atoms with Gasteiger partial charge >= 0.3 is 5.97 Å². The number of carbonyl (C=O) groups excluding carboxylic acids is 2. The van der Waals surface area contributed by atoms with Crippen molar-refractivity contribution in [3.63, 3.8) is 0 Å². The molecule has 2 aromatic rings. The fraction of sp³-hybridized carbons (Fsp3) is 0.0667. The highest BCUT2D eigenvalue weighted by atomic mass is 79.9. The molecule has 0 heterocycles. The lowest BCUT2D eigenvalue weighted by Gasteiger charge is -2.09. The molecule has 0 saturated heterocycles. The van der Waals surface area contributed by atoms with Crippen molar-refractivity contribution in [1.82, 2.24) is 0 Å². The van der Waals surface area contributed by atoms with Gasteiger partial charge in [0.1, 0.15) is 11.3 Å². The van der Waals surface area contributed by atoms with E-state index in [9.17, 15) is 14.7 Å². The summed E-state index contributed by atoms with van der Waals surface area (Å²) in [6.07, 6.45) is 0. The number of benzene rings is 2. The maximum Gasteiger partial charge on any atom is 0.342 e. The van der Waals surface area contributed by atoms with Gasteiger partial charge in [0, 0.05) is 4.47 Å². The molecule has 2 N–H and O–H groups in total. The molecular weight excluding hydrogens is 409 g/mol. The number of hydrogen-bond donors (Lipinski definition) is 2. The van der Waals surface area contributed by atoms with Gasteiger partial charge in [-0.1, -0.05) is 45.2 Å². The normalized spacial score (nSPS) is 10.2. The summed E-state index contributed by atoms with van der Waals surface area (Å²) in [4.78, 5) is 23.7. The van der Waals surface area contributed by atoms with Crippen LogP contribution in [0.3, 0.4) is 0 Å². The second-order valence-electron chi connectivity index (χ2n) is 4.39. The highest BCUT2D eigenvalue weighted by Gasteiger charge is 2.15. The van der Waals surface area contributed by atoms with Crippen molar-refractivity contribution in [1.29, 1.82) is 0 Å². The van der Waals surface area contributed by atoms with Crippen molar-refractivity contribution in [2.75, 3.05) is 11.9 Å². The average molecular weight is 419 g/mol. The van der Waals surface area contributed by atoms with Crippen LogP contribution >= 0.6 is 39.1 Å².